The second kappa shape index (κ2) is 7.21. The van der Waals surface area contributed by atoms with Crippen molar-refractivity contribution < 1.29 is 23.1 Å². The van der Waals surface area contributed by atoms with Gasteiger partial charge in [0, 0.05) is 11.8 Å². The van der Waals surface area contributed by atoms with Gasteiger partial charge >= 0.3 is 6.61 Å². The van der Waals surface area contributed by atoms with Crippen LogP contribution in [-0.4, -0.2) is 18.8 Å². The van der Waals surface area contributed by atoms with Crippen LogP contribution in [0.3, 0.4) is 0 Å². The van der Waals surface area contributed by atoms with Crippen molar-refractivity contribution in [2.75, 3.05) is 5.32 Å². The van der Waals surface area contributed by atoms with Crippen molar-refractivity contribution in [3.8, 4) is 5.75 Å². The lowest BCUT2D eigenvalue weighted by Crippen LogP contribution is -2.34. The van der Waals surface area contributed by atoms with Crippen molar-refractivity contribution in [3.05, 3.63) is 59.7 Å². The molecule has 0 atom stereocenters. The standard InChI is InChI=1S/C18H17F2NO3/c1-18(2,13-6-4-3-5-7-13)16(23)21-14-9-8-12(11-22)15(10-14)24-17(19)20/h3-11,17H,1-2H3,(H,21,23). The molecule has 0 heterocycles. The molecule has 0 bridgehead atoms. The predicted octanol–water partition coefficient (Wildman–Crippen LogP) is 4.02. The maximum atomic E-state index is 12.6. The number of aldehydes is 1. The molecular formula is C18H17F2NO3. The lowest BCUT2D eigenvalue weighted by Gasteiger charge is -2.24. The molecule has 2 rings (SSSR count). The molecule has 0 fully saturated rings. The number of ether oxygens (including phenoxy) is 1. The monoisotopic (exact) mass is 333 g/mol. The summed E-state index contributed by atoms with van der Waals surface area (Å²) in [5, 5.41) is 2.67. The molecule has 1 amide bonds. The van der Waals surface area contributed by atoms with Crippen LogP contribution >= 0.6 is 0 Å². The first-order chi connectivity index (χ1) is 11.3. The molecule has 1 N–H and O–H groups in total. The summed E-state index contributed by atoms with van der Waals surface area (Å²) >= 11 is 0. The number of rotatable bonds is 6. The Bertz CT molecular complexity index is 730. The number of hydrogen-bond donors (Lipinski definition) is 1. The van der Waals surface area contributed by atoms with Gasteiger partial charge < -0.3 is 10.1 Å². The highest BCUT2D eigenvalue weighted by Crippen LogP contribution is 2.28. The van der Waals surface area contributed by atoms with E-state index in [1.54, 1.807) is 13.8 Å². The van der Waals surface area contributed by atoms with Crippen molar-refractivity contribution in [2.45, 2.75) is 25.9 Å². The summed E-state index contributed by atoms with van der Waals surface area (Å²) in [7, 11) is 0. The molecule has 0 aliphatic carbocycles. The first kappa shape index (κ1) is 17.6. The summed E-state index contributed by atoms with van der Waals surface area (Å²) in [6, 6.07) is 13.2. The molecule has 126 valence electrons. The van der Waals surface area contributed by atoms with Gasteiger partial charge in [-0.25, -0.2) is 0 Å². The third-order valence-electron chi connectivity index (χ3n) is 3.68. The number of benzene rings is 2. The molecule has 0 radical (unpaired) electrons. The highest BCUT2D eigenvalue weighted by Gasteiger charge is 2.29. The molecular weight excluding hydrogens is 316 g/mol. The lowest BCUT2D eigenvalue weighted by atomic mass is 9.83. The molecule has 4 nitrogen and oxygen atoms in total. The van der Waals surface area contributed by atoms with Crippen molar-refractivity contribution in [2.24, 2.45) is 0 Å². The van der Waals surface area contributed by atoms with E-state index >= 15 is 0 Å². The van der Waals surface area contributed by atoms with E-state index in [2.05, 4.69) is 10.1 Å². The minimum atomic E-state index is -3.06. The Hall–Kier alpha value is -2.76. The summed E-state index contributed by atoms with van der Waals surface area (Å²) in [5.41, 5.74) is 0.242. The smallest absolute Gasteiger partial charge is 0.387 e. The Labute approximate surface area is 138 Å². The van der Waals surface area contributed by atoms with Crippen LogP contribution in [0.1, 0.15) is 29.8 Å². The van der Waals surface area contributed by atoms with Gasteiger partial charge in [0.15, 0.2) is 6.29 Å². The van der Waals surface area contributed by atoms with Crippen molar-refractivity contribution in [3.63, 3.8) is 0 Å². The molecule has 2 aromatic rings. The Morgan fingerprint density at radius 1 is 1.17 bits per heavy atom. The van der Waals surface area contributed by atoms with Gasteiger partial charge in [-0.15, -0.1) is 0 Å². The number of carbonyl (C=O) groups excluding carboxylic acids is 2. The van der Waals surface area contributed by atoms with E-state index in [4.69, 9.17) is 0 Å². The fourth-order valence-electron chi connectivity index (χ4n) is 2.18. The second-order valence-electron chi connectivity index (χ2n) is 5.69. The van der Waals surface area contributed by atoms with Crippen LogP contribution in [0, 0.1) is 0 Å². The quantitative estimate of drug-likeness (QED) is 0.813. The summed E-state index contributed by atoms with van der Waals surface area (Å²) in [4.78, 5) is 23.4. The van der Waals surface area contributed by atoms with Crippen LogP contribution in [-0.2, 0) is 10.2 Å². The Kier molecular flexibility index (Phi) is 5.28. The SMILES string of the molecule is CC(C)(C(=O)Nc1ccc(C=O)c(OC(F)F)c1)c1ccccc1. The molecule has 0 spiro atoms. The Balaban J connectivity index is 2.24. The van der Waals surface area contributed by atoms with Crippen LogP contribution in [0.5, 0.6) is 5.75 Å². The highest BCUT2D eigenvalue weighted by atomic mass is 19.3. The van der Waals surface area contributed by atoms with Gasteiger partial charge in [-0.2, -0.15) is 8.78 Å². The second-order valence-corrected chi connectivity index (χ2v) is 5.69. The van der Waals surface area contributed by atoms with Gasteiger partial charge in [-0.1, -0.05) is 30.3 Å². The number of alkyl halides is 2. The molecule has 0 unspecified atom stereocenters. The molecule has 0 saturated heterocycles. The van der Waals surface area contributed by atoms with Gasteiger partial charge in [0.25, 0.3) is 0 Å². The zero-order chi connectivity index (χ0) is 17.7. The average molecular weight is 333 g/mol. The normalized spacial score (nSPS) is 11.2. The van der Waals surface area contributed by atoms with Gasteiger partial charge in [0.05, 0.1) is 11.0 Å². The summed E-state index contributed by atoms with van der Waals surface area (Å²) in [5.74, 6) is -0.592. The topological polar surface area (TPSA) is 55.4 Å². The fourth-order valence-corrected chi connectivity index (χ4v) is 2.18. The minimum absolute atomic E-state index is 0.0179. The van der Waals surface area contributed by atoms with Crippen LogP contribution in [0.15, 0.2) is 48.5 Å². The van der Waals surface area contributed by atoms with Gasteiger partial charge in [0.1, 0.15) is 5.75 Å². The number of halogens is 2. The zero-order valence-electron chi connectivity index (χ0n) is 13.3. The number of carbonyl (C=O) groups is 2. The number of hydrogen-bond acceptors (Lipinski definition) is 3. The number of anilines is 1. The van der Waals surface area contributed by atoms with E-state index in [0.717, 1.165) is 5.56 Å². The molecule has 0 aliphatic rings. The summed E-state index contributed by atoms with van der Waals surface area (Å²) in [6.45, 7) is 0.456. The van der Waals surface area contributed by atoms with Gasteiger partial charge in [0.2, 0.25) is 5.91 Å². The third-order valence-corrected chi connectivity index (χ3v) is 3.68. The zero-order valence-corrected chi connectivity index (χ0v) is 13.3. The first-order valence-corrected chi connectivity index (χ1v) is 7.25. The van der Waals surface area contributed by atoms with Crippen molar-refractivity contribution in [1.82, 2.24) is 0 Å². The maximum Gasteiger partial charge on any atom is 0.387 e. The van der Waals surface area contributed by atoms with E-state index in [0.29, 0.717) is 6.29 Å². The molecule has 0 aliphatic heterocycles. The average Bonchev–Trinajstić information content (AvgIpc) is 2.55. The van der Waals surface area contributed by atoms with E-state index in [9.17, 15) is 18.4 Å². The first-order valence-electron chi connectivity index (χ1n) is 7.25. The number of amides is 1. The predicted molar refractivity (Wildman–Crippen MR) is 86.6 cm³/mol. The lowest BCUT2D eigenvalue weighted by molar-refractivity contribution is -0.120. The van der Waals surface area contributed by atoms with E-state index in [-0.39, 0.29) is 22.9 Å². The molecule has 2 aromatic carbocycles. The summed E-state index contributed by atoms with van der Waals surface area (Å²) in [6.07, 6.45) is 0.414. The largest absolute Gasteiger partial charge is 0.434 e. The van der Waals surface area contributed by atoms with E-state index in [1.165, 1.54) is 18.2 Å². The number of nitrogens with one attached hydrogen (secondary N) is 1. The molecule has 0 saturated carbocycles. The Morgan fingerprint density at radius 3 is 2.42 bits per heavy atom. The highest BCUT2D eigenvalue weighted by molar-refractivity contribution is 5.99. The maximum absolute atomic E-state index is 12.6. The van der Waals surface area contributed by atoms with Crippen LogP contribution in [0.25, 0.3) is 0 Å². The van der Waals surface area contributed by atoms with Crippen LogP contribution in [0.4, 0.5) is 14.5 Å². The Morgan fingerprint density at radius 2 is 1.83 bits per heavy atom. The third kappa shape index (κ3) is 3.95. The van der Waals surface area contributed by atoms with E-state index < -0.39 is 12.0 Å². The summed E-state index contributed by atoms with van der Waals surface area (Å²) < 4.78 is 29.1. The van der Waals surface area contributed by atoms with Crippen LogP contribution < -0.4 is 10.1 Å². The molecule has 6 heteroatoms. The van der Waals surface area contributed by atoms with Crippen molar-refractivity contribution >= 4 is 17.9 Å². The fraction of sp³-hybridized carbons (Fsp3) is 0.222. The van der Waals surface area contributed by atoms with E-state index in [1.807, 2.05) is 30.3 Å². The van der Waals surface area contributed by atoms with Crippen molar-refractivity contribution in [1.29, 1.82) is 0 Å². The van der Waals surface area contributed by atoms with Crippen LogP contribution in [0.2, 0.25) is 0 Å². The minimum Gasteiger partial charge on any atom is -0.434 e. The molecule has 0 aromatic heterocycles. The molecule has 24 heavy (non-hydrogen) atoms. The van der Waals surface area contributed by atoms with Gasteiger partial charge in [-0.05, 0) is 31.5 Å². The van der Waals surface area contributed by atoms with Gasteiger partial charge in [-0.3, -0.25) is 9.59 Å².